The minimum atomic E-state index is -0.0799. The Kier molecular flexibility index (Phi) is 5.51. The molecule has 74 valence electrons. The highest BCUT2D eigenvalue weighted by Crippen LogP contribution is 2.28. The minimum Gasteiger partial charge on any atom is -0.785 e. The van der Waals surface area contributed by atoms with Crippen molar-refractivity contribution in [3.05, 3.63) is 5.21 Å². The second-order valence-electron chi connectivity index (χ2n) is 3.58. The summed E-state index contributed by atoms with van der Waals surface area (Å²) in [4.78, 5) is 0. The molecule has 0 aromatic rings. The molecule has 0 saturated carbocycles. The summed E-state index contributed by atoms with van der Waals surface area (Å²) in [5, 5.41) is 12.6. The van der Waals surface area contributed by atoms with Crippen LogP contribution in [0.3, 0.4) is 0 Å². The zero-order valence-corrected chi connectivity index (χ0v) is 8.89. The largest absolute Gasteiger partial charge is 0.785 e. The van der Waals surface area contributed by atoms with Crippen LogP contribution in [-0.4, -0.2) is 17.6 Å². The fourth-order valence-electron chi connectivity index (χ4n) is 1.95. The van der Waals surface area contributed by atoms with Gasteiger partial charge in [0.1, 0.15) is 0 Å². The van der Waals surface area contributed by atoms with Gasteiger partial charge < -0.3 is 10.3 Å². The van der Waals surface area contributed by atoms with Crippen molar-refractivity contribution in [1.82, 2.24) is 5.06 Å². The van der Waals surface area contributed by atoms with Gasteiger partial charge >= 0.3 is 0 Å². The van der Waals surface area contributed by atoms with E-state index in [1.54, 1.807) is 7.05 Å². The van der Waals surface area contributed by atoms with Crippen molar-refractivity contribution >= 4 is 0 Å². The predicted molar refractivity (Wildman–Crippen MR) is 54.0 cm³/mol. The van der Waals surface area contributed by atoms with Crippen molar-refractivity contribution in [2.75, 3.05) is 7.05 Å². The van der Waals surface area contributed by atoms with Crippen molar-refractivity contribution in [3.63, 3.8) is 0 Å². The average Bonchev–Trinajstić information content (AvgIpc) is 2.03. The van der Waals surface area contributed by atoms with Gasteiger partial charge in [0.15, 0.2) is 0 Å². The third-order valence-electron chi connectivity index (χ3n) is 2.76. The highest BCUT2D eigenvalue weighted by Gasteiger charge is 2.25. The maximum Gasteiger partial charge on any atom is 0.00855 e. The van der Waals surface area contributed by atoms with Crippen LogP contribution in [0.4, 0.5) is 0 Å². The molecule has 0 aromatic carbocycles. The third-order valence-corrected chi connectivity index (χ3v) is 2.76. The van der Waals surface area contributed by atoms with Crippen molar-refractivity contribution in [1.29, 1.82) is 0 Å². The molecule has 0 aliphatic carbocycles. The zero-order chi connectivity index (χ0) is 9.61. The number of hydrogen-bond donors (Lipinski definition) is 0. The molecule has 0 saturated heterocycles. The Morgan fingerprint density at radius 2 is 1.50 bits per heavy atom. The minimum absolute atomic E-state index is 0.0799. The molecule has 0 rings (SSSR count). The van der Waals surface area contributed by atoms with E-state index < -0.39 is 0 Å². The Bertz CT molecular complexity index is 106. The molecule has 0 aliphatic heterocycles. The van der Waals surface area contributed by atoms with Gasteiger partial charge in [0.2, 0.25) is 0 Å². The summed E-state index contributed by atoms with van der Waals surface area (Å²) >= 11 is 0. The van der Waals surface area contributed by atoms with Gasteiger partial charge in [-0.05, 0) is 26.3 Å². The summed E-state index contributed by atoms with van der Waals surface area (Å²) in [7, 11) is 1.66. The van der Waals surface area contributed by atoms with Gasteiger partial charge in [-0.2, -0.15) is 0 Å². The normalized spacial score (nSPS) is 12.5. The Balaban J connectivity index is 4.28. The van der Waals surface area contributed by atoms with Crippen LogP contribution in [0, 0.1) is 5.21 Å². The third kappa shape index (κ3) is 2.76. The zero-order valence-electron chi connectivity index (χ0n) is 8.89. The van der Waals surface area contributed by atoms with E-state index in [1.165, 1.54) is 5.06 Å². The number of nitrogens with zero attached hydrogens (tertiary/aromatic N) is 1. The second kappa shape index (κ2) is 5.55. The quantitative estimate of drug-likeness (QED) is 0.575. The van der Waals surface area contributed by atoms with Crippen molar-refractivity contribution in [3.8, 4) is 0 Å². The van der Waals surface area contributed by atoms with Crippen LogP contribution in [0.25, 0.3) is 0 Å². The molecule has 0 aliphatic rings. The monoisotopic (exact) mass is 172 g/mol. The van der Waals surface area contributed by atoms with Crippen molar-refractivity contribution < 1.29 is 0 Å². The molecule has 0 amide bonds. The molecule has 2 nitrogen and oxygen atoms in total. The Morgan fingerprint density at radius 1 is 1.08 bits per heavy atom. The molecule has 0 atom stereocenters. The van der Waals surface area contributed by atoms with Crippen LogP contribution in [0.2, 0.25) is 0 Å². The first-order chi connectivity index (χ1) is 5.63. The van der Waals surface area contributed by atoms with Gasteiger partial charge in [0.25, 0.3) is 0 Å². The van der Waals surface area contributed by atoms with E-state index in [2.05, 4.69) is 20.8 Å². The summed E-state index contributed by atoms with van der Waals surface area (Å²) in [6, 6.07) is 0. The van der Waals surface area contributed by atoms with Gasteiger partial charge in [0.05, 0.1) is 0 Å². The van der Waals surface area contributed by atoms with E-state index in [0.717, 1.165) is 32.1 Å². The number of hydroxylamine groups is 2. The van der Waals surface area contributed by atoms with Gasteiger partial charge in [-0.15, -0.1) is 0 Å². The lowest BCUT2D eigenvalue weighted by molar-refractivity contribution is 0.141. The van der Waals surface area contributed by atoms with Gasteiger partial charge in [0, 0.05) is 5.54 Å². The fraction of sp³-hybridized carbons (Fsp3) is 1.00. The molecule has 0 N–H and O–H groups in total. The van der Waals surface area contributed by atoms with E-state index >= 15 is 0 Å². The second-order valence-corrected chi connectivity index (χ2v) is 3.58. The van der Waals surface area contributed by atoms with Gasteiger partial charge in [-0.3, -0.25) is 0 Å². The van der Waals surface area contributed by atoms with E-state index in [4.69, 9.17) is 0 Å². The first kappa shape index (κ1) is 11.9. The predicted octanol–water partition coefficient (Wildman–Crippen LogP) is 3.17. The van der Waals surface area contributed by atoms with Crippen LogP contribution in [0.1, 0.15) is 52.9 Å². The Hall–Kier alpha value is -0.0800. The maximum atomic E-state index is 11.4. The van der Waals surface area contributed by atoms with E-state index in [1.807, 2.05) is 0 Å². The van der Waals surface area contributed by atoms with Crippen molar-refractivity contribution in [2.24, 2.45) is 0 Å². The van der Waals surface area contributed by atoms with E-state index in [9.17, 15) is 5.21 Å². The summed E-state index contributed by atoms with van der Waals surface area (Å²) in [5.41, 5.74) is -0.0799. The molecule has 0 aromatic heterocycles. The number of rotatable bonds is 6. The summed E-state index contributed by atoms with van der Waals surface area (Å²) in [6.07, 6.45) is 5.21. The highest BCUT2D eigenvalue weighted by atomic mass is 16.5. The summed E-state index contributed by atoms with van der Waals surface area (Å²) in [6.45, 7) is 6.40. The van der Waals surface area contributed by atoms with Gasteiger partial charge in [-0.1, -0.05) is 33.6 Å². The van der Waals surface area contributed by atoms with Crippen LogP contribution in [0.15, 0.2) is 0 Å². The van der Waals surface area contributed by atoms with E-state index in [-0.39, 0.29) is 5.54 Å². The average molecular weight is 172 g/mol. The smallest absolute Gasteiger partial charge is 0.00855 e. The molecule has 12 heavy (non-hydrogen) atoms. The molecule has 0 radical (unpaired) electrons. The molecular weight excluding hydrogens is 150 g/mol. The topological polar surface area (TPSA) is 26.3 Å². The van der Waals surface area contributed by atoms with Crippen LogP contribution in [0.5, 0.6) is 0 Å². The van der Waals surface area contributed by atoms with E-state index in [0.29, 0.717) is 0 Å². The molecule has 0 fully saturated rings. The standard InChI is InChI=1S/C10H22NO/c1-5-8-10(7-3,9-6-2)11(4)12/h5-9H2,1-4H3/q-1. The SMILES string of the molecule is CCCC(CC)(CCC)N(C)[O-]. The van der Waals surface area contributed by atoms with Crippen LogP contribution in [-0.2, 0) is 0 Å². The molecule has 0 heterocycles. The lowest BCUT2D eigenvalue weighted by Gasteiger charge is -2.46. The number of hydrogen-bond acceptors (Lipinski definition) is 2. The molecular formula is C10H22NO-. The van der Waals surface area contributed by atoms with Crippen LogP contribution >= 0.6 is 0 Å². The summed E-state index contributed by atoms with van der Waals surface area (Å²) in [5.74, 6) is 0. The van der Waals surface area contributed by atoms with Gasteiger partial charge in [-0.25, -0.2) is 0 Å². The highest BCUT2D eigenvalue weighted by molar-refractivity contribution is 4.87. The fourth-order valence-corrected chi connectivity index (χ4v) is 1.95. The molecule has 2 heteroatoms. The Labute approximate surface area is 76.5 Å². The van der Waals surface area contributed by atoms with Crippen molar-refractivity contribution in [2.45, 2.75) is 58.4 Å². The van der Waals surface area contributed by atoms with Crippen LogP contribution < -0.4 is 0 Å². The molecule has 0 spiro atoms. The first-order valence-electron chi connectivity index (χ1n) is 5.04. The lowest BCUT2D eigenvalue weighted by atomic mass is 9.86. The lowest BCUT2D eigenvalue weighted by Crippen LogP contribution is -2.42. The summed E-state index contributed by atoms with van der Waals surface area (Å²) < 4.78 is 0. The maximum absolute atomic E-state index is 11.4. The molecule has 0 unspecified atom stereocenters. The first-order valence-corrected chi connectivity index (χ1v) is 5.04. The molecule has 0 bridgehead atoms. The Morgan fingerprint density at radius 3 is 1.67 bits per heavy atom.